The number of morpholine rings is 1. The summed E-state index contributed by atoms with van der Waals surface area (Å²) in [6, 6.07) is 21.9. The molecule has 2 saturated heterocycles. The number of urea groups is 1. The zero-order chi connectivity index (χ0) is 35.7. The number of nitrogens with zero attached hydrogens (tertiary/aromatic N) is 5. The van der Waals surface area contributed by atoms with Crippen LogP contribution in [0.25, 0.3) is 0 Å². The highest BCUT2D eigenvalue weighted by Gasteiger charge is 2.60. The van der Waals surface area contributed by atoms with E-state index >= 15 is 4.79 Å². The summed E-state index contributed by atoms with van der Waals surface area (Å²) in [5, 5.41) is 1.27. The molecule has 6 rings (SSSR count). The Morgan fingerprint density at radius 2 is 1.38 bits per heavy atom. The third-order valence-electron chi connectivity index (χ3n) is 10.8. The summed E-state index contributed by atoms with van der Waals surface area (Å²) in [6.07, 6.45) is 0. The third-order valence-corrected chi connectivity index (χ3v) is 11.3. The normalized spacial score (nSPS) is 23.6. The minimum atomic E-state index is -0.947. The summed E-state index contributed by atoms with van der Waals surface area (Å²) in [7, 11) is 0. The predicted molar refractivity (Wildman–Crippen MR) is 203 cm³/mol. The van der Waals surface area contributed by atoms with Crippen LogP contribution in [0.3, 0.4) is 0 Å². The number of carbonyl (C=O) groups is 1. The van der Waals surface area contributed by atoms with Crippen LogP contribution in [0.5, 0.6) is 5.75 Å². The largest absolute Gasteiger partial charge is 0.493 e. The highest BCUT2D eigenvalue weighted by molar-refractivity contribution is 6.30. The minimum absolute atomic E-state index is 0.0749. The molecule has 3 aliphatic rings. The van der Waals surface area contributed by atoms with Crippen LogP contribution in [0.2, 0.25) is 10.0 Å². The topological polar surface area (TPSA) is 60.9 Å². The van der Waals surface area contributed by atoms with E-state index in [1.165, 1.54) is 0 Å². The van der Waals surface area contributed by atoms with Gasteiger partial charge in [0.25, 0.3) is 0 Å². The summed E-state index contributed by atoms with van der Waals surface area (Å²) in [4.78, 5) is 29.7. The quantitative estimate of drug-likeness (QED) is 0.239. The second-order valence-corrected chi connectivity index (χ2v) is 15.8. The van der Waals surface area contributed by atoms with Gasteiger partial charge in [-0.3, -0.25) is 19.7 Å². The van der Waals surface area contributed by atoms with E-state index in [-0.39, 0.29) is 11.4 Å². The minimum Gasteiger partial charge on any atom is -0.493 e. The molecule has 3 aromatic carbocycles. The van der Waals surface area contributed by atoms with E-state index < -0.39 is 11.1 Å². The summed E-state index contributed by atoms with van der Waals surface area (Å²) < 4.78 is 11.9. The zero-order valence-corrected chi connectivity index (χ0v) is 31.9. The van der Waals surface area contributed by atoms with Gasteiger partial charge in [0.05, 0.1) is 25.4 Å². The Kier molecular flexibility index (Phi) is 10.9. The summed E-state index contributed by atoms with van der Waals surface area (Å²) in [6.45, 7) is 21.7. The molecule has 3 heterocycles. The van der Waals surface area contributed by atoms with Crippen molar-refractivity contribution in [2.24, 2.45) is 4.99 Å². The van der Waals surface area contributed by atoms with Crippen LogP contribution < -0.4 is 4.74 Å². The fourth-order valence-corrected chi connectivity index (χ4v) is 7.68. The van der Waals surface area contributed by atoms with Gasteiger partial charge in [0.15, 0.2) is 0 Å². The van der Waals surface area contributed by atoms with E-state index in [1.54, 1.807) is 0 Å². The number of hydrogen-bond donors (Lipinski definition) is 0. The molecular weight excluding hydrogens is 669 g/mol. The van der Waals surface area contributed by atoms with E-state index in [9.17, 15) is 0 Å². The number of carbonyl (C=O) groups excluding carboxylic acids is 1. The Bertz CT molecular complexity index is 1680. The van der Waals surface area contributed by atoms with Crippen molar-refractivity contribution in [2.45, 2.75) is 58.0 Å². The molecule has 3 aromatic rings. The summed E-state index contributed by atoms with van der Waals surface area (Å²) in [5.41, 5.74) is 1.88. The number of amidine groups is 1. The number of ether oxygens (including phenoxy) is 2. The maximum Gasteiger partial charge on any atom is 0.326 e. The van der Waals surface area contributed by atoms with Gasteiger partial charge in [0.2, 0.25) is 0 Å². The number of hydrogen-bond acceptors (Lipinski definition) is 6. The molecule has 0 saturated carbocycles. The van der Waals surface area contributed by atoms with Gasteiger partial charge in [0.1, 0.15) is 22.7 Å². The number of benzene rings is 3. The first kappa shape index (κ1) is 36.6. The van der Waals surface area contributed by atoms with Crippen molar-refractivity contribution in [3.63, 3.8) is 0 Å². The molecule has 0 N–H and O–H groups in total. The van der Waals surface area contributed by atoms with Gasteiger partial charge in [-0.25, -0.2) is 4.79 Å². The summed E-state index contributed by atoms with van der Waals surface area (Å²) >= 11 is 12.9. The Hall–Kier alpha value is -3.14. The molecular formula is C40H51Cl2N5O3. The van der Waals surface area contributed by atoms with Gasteiger partial charge >= 0.3 is 6.03 Å². The van der Waals surface area contributed by atoms with E-state index in [4.69, 9.17) is 37.7 Å². The first-order valence-electron chi connectivity index (χ1n) is 17.9. The molecule has 0 radical (unpaired) electrons. The van der Waals surface area contributed by atoms with Gasteiger partial charge in [-0.05, 0) is 79.3 Å². The van der Waals surface area contributed by atoms with Crippen LogP contribution in [0, 0.1) is 0 Å². The van der Waals surface area contributed by atoms with Crippen LogP contribution >= 0.6 is 23.2 Å². The highest BCUT2D eigenvalue weighted by atomic mass is 35.5. The van der Waals surface area contributed by atoms with Gasteiger partial charge in [-0.1, -0.05) is 74.3 Å². The van der Waals surface area contributed by atoms with Crippen molar-refractivity contribution >= 4 is 35.1 Å². The Morgan fingerprint density at radius 1 is 0.820 bits per heavy atom. The average molecular weight is 721 g/mol. The number of rotatable bonds is 8. The van der Waals surface area contributed by atoms with Crippen LogP contribution in [-0.2, 0) is 21.2 Å². The molecule has 8 nitrogen and oxygen atoms in total. The van der Waals surface area contributed by atoms with Crippen molar-refractivity contribution in [2.75, 3.05) is 72.2 Å². The molecule has 268 valence electrons. The van der Waals surface area contributed by atoms with E-state index in [1.807, 2.05) is 65.3 Å². The average Bonchev–Trinajstić information content (AvgIpc) is 3.35. The van der Waals surface area contributed by atoms with E-state index in [0.717, 1.165) is 74.7 Å². The Balaban J connectivity index is 1.43. The number of aliphatic imine (C=N–C) groups is 1. The maximum absolute atomic E-state index is 15.3. The van der Waals surface area contributed by atoms with Crippen molar-refractivity contribution in [1.82, 2.24) is 19.6 Å². The number of halogens is 2. The predicted octanol–water partition coefficient (Wildman–Crippen LogP) is 7.65. The molecule has 50 heavy (non-hydrogen) atoms. The van der Waals surface area contributed by atoms with Crippen molar-refractivity contribution < 1.29 is 14.3 Å². The lowest BCUT2D eigenvalue weighted by Crippen LogP contribution is -2.61. The summed E-state index contributed by atoms with van der Waals surface area (Å²) in [5.74, 6) is 1.30. The molecule has 0 bridgehead atoms. The fraction of sp³-hybridized carbons (Fsp3) is 0.500. The molecule has 0 aliphatic carbocycles. The smallest absolute Gasteiger partial charge is 0.326 e. The van der Waals surface area contributed by atoms with E-state index in [2.05, 4.69) is 62.6 Å². The van der Waals surface area contributed by atoms with E-state index in [0.29, 0.717) is 41.3 Å². The Morgan fingerprint density at radius 3 is 1.94 bits per heavy atom. The van der Waals surface area contributed by atoms with Crippen LogP contribution in [-0.4, -0.2) is 104 Å². The maximum atomic E-state index is 15.3. The monoisotopic (exact) mass is 719 g/mol. The van der Waals surface area contributed by atoms with Crippen LogP contribution in [0.15, 0.2) is 71.7 Å². The lowest BCUT2D eigenvalue weighted by atomic mass is 9.71. The molecule has 0 aromatic heterocycles. The SMILES string of the molecule is CCOc1cc(C(C)(C)C)ccc1C1=N[C@@](C)(c2ccc(Cl)cc2)[C@@](C)(c2ccc(Cl)cc2)N1C(=O)N1CCN(CCN2CCOCC2)CC1. The van der Waals surface area contributed by atoms with Gasteiger partial charge in [-0.15, -0.1) is 0 Å². The number of piperazine rings is 1. The first-order valence-corrected chi connectivity index (χ1v) is 18.6. The van der Waals surface area contributed by atoms with Gasteiger partial charge in [-0.2, -0.15) is 0 Å². The second-order valence-electron chi connectivity index (χ2n) is 14.9. The third kappa shape index (κ3) is 7.15. The second kappa shape index (κ2) is 14.8. The van der Waals surface area contributed by atoms with Crippen molar-refractivity contribution in [1.29, 1.82) is 0 Å². The molecule has 2 amide bonds. The number of amides is 2. The molecule has 2 fully saturated rings. The standard InChI is InChI=1S/C40H51Cl2N5O3/c1-7-50-35-28-31(38(2,3)4)12-17-34(35)36-43-39(5,29-8-13-32(41)14-9-29)40(6,30-10-15-33(42)16-11-30)47(36)37(48)46-22-20-44(21-23-46)18-19-45-24-26-49-27-25-45/h8-17,28H,7,18-27H2,1-6H3/t39-,40+/m0/s1. The lowest BCUT2D eigenvalue weighted by molar-refractivity contribution is 0.0299. The first-order chi connectivity index (χ1) is 23.8. The zero-order valence-electron chi connectivity index (χ0n) is 30.3. The van der Waals surface area contributed by atoms with Gasteiger partial charge < -0.3 is 14.4 Å². The lowest BCUT2D eigenvalue weighted by Gasteiger charge is -2.47. The fourth-order valence-electron chi connectivity index (χ4n) is 7.43. The molecule has 0 spiro atoms. The molecule has 3 aliphatic heterocycles. The molecule has 10 heteroatoms. The van der Waals surface area contributed by atoms with Crippen molar-refractivity contribution in [3.05, 3.63) is 99.0 Å². The van der Waals surface area contributed by atoms with Crippen LogP contribution in [0.1, 0.15) is 63.8 Å². The molecule has 2 atom stereocenters. The molecule has 0 unspecified atom stereocenters. The van der Waals surface area contributed by atoms with Crippen LogP contribution in [0.4, 0.5) is 4.79 Å². The highest BCUT2D eigenvalue weighted by Crippen LogP contribution is 2.54. The van der Waals surface area contributed by atoms with Gasteiger partial charge in [0, 0.05) is 62.4 Å². The Labute approximate surface area is 307 Å². The van der Waals surface area contributed by atoms with Crippen molar-refractivity contribution in [3.8, 4) is 5.75 Å².